The van der Waals surface area contributed by atoms with Crippen LogP contribution in [0.1, 0.15) is 29.7 Å². The summed E-state index contributed by atoms with van der Waals surface area (Å²) in [6.45, 7) is 3.49. The third kappa shape index (κ3) is 4.17. The molecule has 2 aromatic carbocycles. The number of carbonyl (C=O) groups excluding carboxylic acids is 1. The largest absolute Gasteiger partial charge is 0.416 e. The predicted octanol–water partition coefficient (Wildman–Crippen LogP) is 4.45. The molecule has 0 bridgehead atoms. The first kappa shape index (κ1) is 19.9. The van der Waals surface area contributed by atoms with Gasteiger partial charge in [-0.3, -0.25) is 4.79 Å². The number of hydrogen-bond donors (Lipinski definition) is 3. The van der Waals surface area contributed by atoms with Crippen molar-refractivity contribution in [3.8, 4) is 0 Å². The van der Waals surface area contributed by atoms with Crippen molar-refractivity contribution in [2.45, 2.75) is 26.1 Å². The van der Waals surface area contributed by atoms with Crippen LogP contribution in [0, 0.1) is 6.92 Å². The van der Waals surface area contributed by atoms with Crippen LogP contribution in [-0.4, -0.2) is 11.0 Å². The molecule has 3 N–H and O–H groups in total. The zero-order valence-corrected chi connectivity index (χ0v) is 16.0. The number of hydrogen-bond acceptors (Lipinski definition) is 2. The number of carbonyl (C=O) groups is 1. The minimum absolute atomic E-state index is 0.0624. The zero-order chi connectivity index (χ0) is 20.5. The van der Waals surface area contributed by atoms with Crippen molar-refractivity contribution in [1.82, 2.24) is 10.6 Å². The number of anilines is 1. The third-order valence-corrected chi connectivity index (χ3v) is 4.59. The molecule has 0 saturated heterocycles. The second kappa shape index (κ2) is 7.63. The smallest absolute Gasteiger partial charge is 0.351 e. The monoisotopic (exact) mass is 405 g/mol. The molecule has 1 amide bonds. The van der Waals surface area contributed by atoms with Crippen LogP contribution in [0.5, 0.6) is 0 Å². The van der Waals surface area contributed by atoms with Crippen molar-refractivity contribution in [2.75, 3.05) is 5.32 Å². The van der Waals surface area contributed by atoms with Gasteiger partial charge in [0.25, 0.3) is 5.91 Å². The number of amides is 1. The third-order valence-electron chi connectivity index (χ3n) is 4.37. The predicted molar refractivity (Wildman–Crippen MR) is 106 cm³/mol. The minimum Gasteiger partial charge on any atom is -0.351 e. The van der Waals surface area contributed by atoms with E-state index in [-0.39, 0.29) is 16.2 Å². The molecule has 0 unspecified atom stereocenters. The lowest BCUT2D eigenvalue weighted by Crippen LogP contribution is -2.46. The van der Waals surface area contributed by atoms with E-state index in [0.717, 1.165) is 11.6 Å². The average Bonchev–Trinajstić information content (AvgIpc) is 2.60. The van der Waals surface area contributed by atoms with Crippen molar-refractivity contribution < 1.29 is 18.0 Å². The summed E-state index contributed by atoms with van der Waals surface area (Å²) in [6, 6.07) is 11.3. The van der Waals surface area contributed by atoms with Gasteiger partial charge in [-0.05, 0) is 55.4 Å². The summed E-state index contributed by atoms with van der Waals surface area (Å²) in [4.78, 5) is 13.0. The summed E-state index contributed by atoms with van der Waals surface area (Å²) in [5.74, 6) is -0.507. The Morgan fingerprint density at radius 1 is 1.11 bits per heavy atom. The molecule has 8 heteroatoms. The van der Waals surface area contributed by atoms with Crippen LogP contribution in [0.15, 0.2) is 59.8 Å². The van der Waals surface area contributed by atoms with Gasteiger partial charge in [-0.2, -0.15) is 13.2 Å². The van der Waals surface area contributed by atoms with Crippen molar-refractivity contribution >= 4 is 28.9 Å². The molecule has 0 aromatic heterocycles. The first-order valence-corrected chi connectivity index (χ1v) is 8.90. The molecule has 3 rings (SSSR count). The fourth-order valence-corrected chi connectivity index (χ4v) is 3.43. The Balaban J connectivity index is 2.04. The van der Waals surface area contributed by atoms with Gasteiger partial charge < -0.3 is 16.0 Å². The number of thiocarbonyl (C=S) groups is 1. The molecule has 4 nitrogen and oxygen atoms in total. The first-order chi connectivity index (χ1) is 13.2. The van der Waals surface area contributed by atoms with E-state index in [0.29, 0.717) is 11.4 Å². The molecule has 146 valence electrons. The highest BCUT2D eigenvalue weighted by molar-refractivity contribution is 7.80. The van der Waals surface area contributed by atoms with E-state index in [1.165, 1.54) is 18.2 Å². The number of aryl methyl sites for hydroxylation is 1. The molecule has 0 spiro atoms. The van der Waals surface area contributed by atoms with Crippen LogP contribution >= 0.6 is 12.2 Å². The molecule has 0 fully saturated rings. The van der Waals surface area contributed by atoms with Gasteiger partial charge in [-0.25, -0.2) is 0 Å². The normalized spacial score (nSPS) is 17.0. The molecule has 1 aliphatic rings. The van der Waals surface area contributed by atoms with Gasteiger partial charge in [0, 0.05) is 11.4 Å². The lowest BCUT2D eigenvalue weighted by molar-refractivity contribution is -0.138. The molecule has 0 aliphatic carbocycles. The Hall–Kier alpha value is -2.87. The second-order valence-corrected chi connectivity index (χ2v) is 6.89. The minimum atomic E-state index is -4.56. The van der Waals surface area contributed by atoms with Crippen molar-refractivity contribution in [3.05, 3.63) is 76.5 Å². The highest BCUT2D eigenvalue weighted by Gasteiger charge is 2.38. The Labute approximate surface area is 165 Å². The molecule has 0 radical (unpaired) electrons. The maximum Gasteiger partial charge on any atom is 0.416 e. The van der Waals surface area contributed by atoms with Crippen molar-refractivity contribution in [1.29, 1.82) is 0 Å². The van der Waals surface area contributed by atoms with Crippen molar-refractivity contribution in [2.24, 2.45) is 0 Å². The maximum absolute atomic E-state index is 13.5. The topological polar surface area (TPSA) is 53.2 Å². The van der Waals surface area contributed by atoms with Gasteiger partial charge in [0.2, 0.25) is 0 Å². The van der Waals surface area contributed by atoms with Crippen LogP contribution in [0.2, 0.25) is 0 Å². The average molecular weight is 405 g/mol. The van der Waals surface area contributed by atoms with Crippen LogP contribution in [0.25, 0.3) is 0 Å². The van der Waals surface area contributed by atoms with Gasteiger partial charge in [-0.1, -0.05) is 30.3 Å². The van der Waals surface area contributed by atoms with Gasteiger partial charge in [0.05, 0.1) is 17.2 Å². The highest BCUT2D eigenvalue weighted by Crippen LogP contribution is 2.38. The van der Waals surface area contributed by atoms with Gasteiger partial charge in [0.15, 0.2) is 5.11 Å². The van der Waals surface area contributed by atoms with E-state index in [4.69, 9.17) is 12.2 Å². The Morgan fingerprint density at radius 2 is 1.82 bits per heavy atom. The van der Waals surface area contributed by atoms with E-state index >= 15 is 0 Å². The number of benzene rings is 2. The number of rotatable bonds is 3. The molecule has 0 saturated carbocycles. The SMILES string of the molecule is CC1=C(C(=O)Nc2cccc(C)c2)[C@H](c2ccccc2C(F)(F)F)NC(=S)N1. The highest BCUT2D eigenvalue weighted by atomic mass is 32.1. The van der Waals surface area contributed by atoms with Crippen LogP contribution in [0.3, 0.4) is 0 Å². The number of halogens is 3. The van der Waals surface area contributed by atoms with E-state index in [2.05, 4.69) is 16.0 Å². The van der Waals surface area contributed by atoms with Gasteiger partial charge >= 0.3 is 6.18 Å². The quantitative estimate of drug-likeness (QED) is 0.661. The fraction of sp³-hybridized carbons (Fsp3) is 0.200. The molecule has 1 heterocycles. The molecular formula is C20H18F3N3OS. The van der Waals surface area contributed by atoms with Crippen LogP contribution < -0.4 is 16.0 Å². The fourth-order valence-electron chi connectivity index (χ4n) is 3.16. The summed E-state index contributed by atoms with van der Waals surface area (Å²) in [5.41, 5.74) is 1.17. The number of alkyl halides is 3. The lowest BCUT2D eigenvalue weighted by Gasteiger charge is -2.31. The van der Waals surface area contributed by atoms with E-state index in [1.807, 2.05) is 13.0 Å². The molecule has 28 heavy (non-hydrogen) atoms. The molecule has 2 aromatic rings. The summed E-state index contributed by atoms with van der Waals surface area (Å²) in [5, 5.41) is 8.54. The first-order valence-electron chi connectivity index (χ1n) is 8.49. The van der Waals surface area contributed by atoms with E-state index in [9.17, 15) is 18.0 Å². The lowest BCUT2D eigenvalue weighted by atomic mass is 9.91. The van der Waals surface area contributed by atoms with Crippen molar-refractivity contribution in [3.63, 3.8) is 0 Å². The molecule has 1 atom stereocenters. The summed E-state index contributed by atoms with van der Waals surface area (Å²) >= 11 is 5.11. The van der Waals surface area contributed by atoms with E-state index < -0.39 is 23.7 Å². The Morgan fingerprint density at radius 3 is 2.50 bits per heavy atom. The Bertz CT molecular complexity index is 969. The van der Waals surface area contributed by atoms with Gasteiger partial charge in [0.1, 0.15) is 0 Å². The molecular weight excluding hydrogens is 387 g/mol. The Kier molecular flexibility index (Phi) is 5.42. The second-order valence-electron chi connectivity index (χ2n) is 6.48. The summed E-state index contributed by atoms with van der Waals surface area (Å²) in [6.07, 6.45) is -4.56. The number of allylic oxidation sites excluding steroid dienone is 1. The molecule has 1 aliphatic heterocycles. The number of nitrogens with one attached hydrogen (secondary N) is 3. The summed E-state index contributed by atoms with van der Waals surface area (Å²) in [7, 11) is 0. The van der Waals surface area contributed by atoms with Gasteiger partial charge in [-0.15, -0.1) is 0 Å². The van der Waals surface area contributed by atoms with Crippen LogP contribution in [-0.2, 0) is 11.0 Å². The zero-order valence-electron chi connectivity index (χ0n) is 15.1. The van der Waals surface area contributed by atoms with Crippen LogP contribution in [0.4, 0.5) is 18.9 Å². The maximum atomic E-state index is 13.5. The van der Waals surface area contributed by atoms with E-state index in [1.54, 1.807) is 25.1 Å². The standard InChI is InChI=1S/C20H18F3N3OS/c1-11-6-5-7-13(10-11)25-18(27)16-12(2)24-19(28)26-17(16)14-8-3-4-9-15(14)20(21,22)23/h3-10,17H,1-2H3,(H,25,27)(H2,24,26,28)/t17-/m0/s1. The summed E-state index contributed by atoms with van der Waals surface area (Å²) < 4.78 is 40.6.